The summed E-state index contributed by atoms with van der Waals surface area (Å²) in [5, 5.41) is 10.4. The Balaban J connectivity index is 2.64. The first-order valence-electron chi connectivity index (χ1n) is 6.71. The average Bonchev–Trinajstić information content (AvgIpc) is 2.48. The number of phenolic OH excluding ortho intramolecular Hbond substituents is 1. The van der Waals surface area contributed by atoms with Crippen LogP contribution >= 0.6 is 0 Å². The van der Waals surface area contributed by atoms with Gasteiger partial charge >= 0.3 is 0 Å². The average molecular weight is 287 g/mol. The topological polar surface area (TPSA) is 41.9 Å². The standard InChI is InChI=1S/C17H21NO3/c1-11-8-14(17(19)16(9-11)21-5)13-7-6-12(18(2)3)10-15(13)20-4/h6-10,19H,1-5H3. The third-order valence-corrected chi connectivity index (χ3v) is 3.43. The van der Waals surface area contributed by atoms with Crippen LogP contribution in [-0.2, 0) is 0 Å². The van der Waals surface area contributed by atoms with Crippen LogP contribution in [0.5, 0.6) is 17.2 Å². The number of aryl methyl sites for hydroxylation is 1. The zero-order valence-corrected chi connectivity index (χ0v) is 13.1. The summed E-state index contributed by atoms with van der Waals surface area (Å²) >= 11 is 0. The largest absolute Gasteiger partial charge is 0.504 e. The second-order valence-corrected chi connectivity index (χ2v) is 5.14. The maximum absolute atomic E-state index is 10.4. The second kappa shape index (κ2) is 5.95. The summed E-state index contributed by atoms with van der Waals surface area (Å²) in [6.07, 6.45) is 0. The lowest BCUT2D eigenvalue weighted by atomic mass is 10.00. The molecule has 4 nitrogen and oxygen atoms in total. The van der Waals surface area contributed by atoms with Crippen LogP contribution in [0.3, 0.4) is 0 Å². The van der Waals surface area contributed by atoms with Gasteiger partial charge in [0.25, 0.3) is 0 Å². The van der Waals surface area contributed by atoms with Crippen LogP contribution < -0.4 is 14.4 Å². The fourth-order valence-corrected chi connectivity index (χ4v) is 2.29. The highest BCUT2D eigenvalue weighted by molar-refractivity contribution is 5.80. The molecular formula is C17H21NO3. The van der Waals surface area contributed by atoms with Crippen molar-refractivity contribution in [2.75, 3.05) is 33.2 Å². The summed E-state index contributed by atoms with van der Waals surface area (Å²) in [6, 6.07) is 9.61. The number of benzene rings is 2. The van der Waals surface area contributed by atoms with Crippen LogP contribution in [0.25, 0.3) is 11.1 Å². The summed E-state index contributed by atoms with van der Waals surface area (Å²) in [5.41, 5.74) is 3.59. The third kappa shape index (κ3) is 2.89. The molecule has 0 saturated carbocycles. The second-order valence-electron chi connectivity index (χ2n) is 5.14. The molecule has 0 bridgehead atoms. The predicted molar refractivity (Wildman–Crippen MR) is 85.7 cm³/mol. The van der Waals surface area contributed by atoms with Crippen molar-refractivity contribution in [2.45, 2.75) is 6.92 Å². The van der Waals surface area contributed by atoms with Crippen LogP contribution in [0.2, 0.25) is 0 Å². The van der Waals surface area contributed by atoms with Crippen molar-refractivity contribution >= 4 is 5.69 Å². The molecule has 1 N–H and O–H groups in total. The molecule has 112 valence electrons. The number of hydrogen-bond acceptors (Lipinski definition) is 4. The molecule has 2 rings (SSSR count). The van der Waals surface area contributed by atoms with E-state index < -0.39 is 0 Å². The molecule has 0 fully saturated rings. The number of hydrogen-bond donors (Lipinski definition) is 1. The van der Waals surface area contributed by atoms with Crippen molar-refractivity contribution in [2.24, 2.45) is 0 Å². The van der Waals surface area contributed by atoms with Crippen molar-refractivity contribution in [1.29, 1.82) is 0 Å². The van der Waals surface area contributed by atoms with Gasteiger partial charge in [-0.3, -0.25) is 0 Å². The Hall–Kier alpha value is -2.36. The van der Waals surface area contributed by atoms with Crippen molar-refractivity contribution in [1.82, 2.24) is 0 Å². The Kier molecular flexibility index (Phi) is 4.26. The maximum atomic E-state index is 10.4. The maximum Gasteiger partial charge on any atom is 0.165 e. The third-order valence-electron chi connectivity index (χ3n) is 3.43. The highest BCUT2D eigenvalue weighted by atomic mass is 16.5. The number of anilines is 1. The molecule has 0 radical (unpaired) electrons. The Morgan fingerprint density at radius 3 is 2.14 bits per heavy atom. The van der Waals surface area contributed by atoms with Gasteiger partial charge in [0.1, 0.15) is 5.75 Å². The molecule has 21 heavy (non-hydrogen) atoms. The highest BCUT2D eigenvalue weighted by Gasteiger charge is 2.15. The van der Waals surface area contributed by atoms with E-state index in [-0.39, 0.29) is 5.75 Å². The van der Waals surface area contributed by atoms with Crippen molar-refractivity contribution in [3.05, 3.63) is 35.9 Å². The minimum Gasteiger partial charge on any atom is -0.504 e. The molecule has 2 aromatic carbocycles. The molecule has 0 atom stereocenters. The highest BCUT2D eigenvalue weighted by Crippen LogP contribution is 2.42. The van der Waals surface area contributed by atoms with E-state index in [9.17, 15) is 5.11 Å². The summed E-state index contributed by atoms with van der Waals surface area (Å²) in [7, 11) is 7.12. The van der Waals surface area contributed by atoms with Gasteiger partial charge < -0.3 is 19.5 Å². The lowest BCUT2D eigenvalue weighted by Crippen LogP contribution is -2.08. The molecule has 0 aliphatic heterocycles. The molecule has 0 heterocycles. The van der Waals surface area contributed by atoms with E-state index in [0.29, 0.717) is 17.1 Å². The quantitative estimate of drug-likeness (QED) is 0.935. The predicted octanol–water partition coefficient (Wildman–Crippen LogP) is 3.45. The molecule has 0 saturated heterocycles. The minimum absolute atomic E-state index is 0.124. The van der Waals surface area contributed by atoms with Crippen LogP contribution in [-0.4, -0.2) is 33.4 Å². The van der Waals surface area contributed by atoms with Gasteiger partial charge in [0.05, 0.1) is 14.2 Å². The van der Waals surface area contributed by atoms with E-state index in [1.165, 1.54) is 0 Å². The molecule has 0 aromatic heterocycles. The minimum atomic E-state index is 0.124. The van der Waals surface area contributed by atoms with Crippen molar-refractivity contribution in [3.63, 3.8) is 0 Å². The van der Waals surface area contributed by atoms with Crippen LogP contribution in [0.1, 0.15) is 5.56 Å². The molecule has 4 heteroatoms. The number of rotatable bonds is 4. The first-order chi connectivity index (χ1) is 9.97. The van der Waals surface area contributed by atoms with Gasteiger partial charge in [0, 0.05) is 37.0 Å². The number of ether oxygens (including phenoxy) is 2. The molecule has 0 aliphatic rings. The molecular weight excluding hydrogens is 266 g/mol. The van der Waals surface area contributed by atoms with E-state index in [4.69, 9.17) is 9.47 Å². The van der Waals surface area contributed by atoms with E-state index in [2.05, 4.69) is 0 Å². The summed E-state index contributed by atoms with van der Waals surface area (Å²) in [5.74, 6) is 1.30. The normalized spacial score (nSPS) is 10.3. The Morgan fingerprint density at radius 1 is 0.905 bits per heavy atom. The fraction of sp³-hybridized carbons (Fsp3) is 0.294. The van der Waals surface area contributed by atoms with Gasteiger partial charge in [-0.15, -0.1) is 0 Å². The van der Waals surface area contributed by atoms with Crippen LogP contribution in [0, 0.1) is 6.92 Å². The zero-order valence-electron chi connectivity index (χ0n) is 13.1. The summed E-state index contributed by atoms with van der Waals surface area (Å²) in [6.45, 7) is 1.96. The van der Waals surface area contributed by atoms with Crippen LogP contribution in [0.15, 0.2) is 30.3 Å². The fourth-order valence-electron chi connectivity index (χ4n) is 2.29. The van der Waals surface area contributed by atoms with Gasteiger partial charge in [-0.05, 0) is 36.8 Å². The van der Waals surface area contributed by atoms with Crippen LogP contribution in [0.4, 0.5) is 5.69 Å². The smallest absolute Gasteiger partial charge is 0.165 e. The molecule has 0 spiro atoms. The summed E-state index contributed by atoms with van der Waals surface area (Å²) < 4.78 is 10.7. The first kappa shape index (κ1) is 15.0. The van der Waals surface area contributed by atoms with Gasteiger partial charge in [-0.25, -0.2) is 0 Å². The van der Waals surface area contributed by atoms with Gasteiger partial charge in [0.15, 0.2) is 11.5 Å². The van der Waals surface area contributed by atoms with E-state index in [1.807, 2.05) is 50.2 Å². The summed E-state index contributed by atoms with van der Waals surface area (Å²) in [4.78, 5) is 2.00. The number of aromatic hydroxyl groups is 1. The number of nitrogens with zero attached hydrogens (tertiary/aromatic N) is 1. The first-order valence-corrected chi connectivity index (χ1v) is 6.71. The lowest BCUT2D eigenvalue weighted by Gasteiger charge is -2.17. The van der Waals surface area contributed by atoms with Gasteiger partial charge in [-0.1, -0.05) is 0 Å². The Bertz CT molecular complexity index is 651. The molecule has 0 amide bonds. The molecule has 0 unspecified atom stereocenters. The molecule has 2 aromatic rings. The van der Waals surface area contributed by atoms with E-state index in [1.54, 1.807) is 20.3 Å². The van der Waals surface area contributed by atoms with Gasteiger partial charge in [0.2, 0.25) is 0 Å². The van der Waals surface area contributed by atoms with E-state index in [0.717, 1.165) is 16.8 Å². The Morgan fingerprint density at radius 2 is 1.57 bits per heavy atom. The van der Waals surface area contributed by atoms with Crippen molar-refractivity contribution < 1.29 is 14.6 Å². The SMILES string of the molecule is COc1cc(N(C)C)ccc1-c1cc(C)cc(OC)c1O. The zero-order chi connectivity index (χ0) is 15.6. The number of phenols is 1. The lowest BCUT2D eigenvalue weighted by molar-refractivity contribution is 0.373. The van der Waals surface area contributed by atoms with Crippen molar-refractivity contribution in [3.8, 4) is 28.4 Å². The monoisotopic (exact) mass is 287 g/mol. The Labute approximate surface area is 125 Å². The molecule has 0 aliphatic carbocycles. The number of methoxy groups -OCH3 is 2. The van der Waals surface area contributed by atoms with E-state index >= 15 is 0 Å². The van der Waals surface area contributed by atoms with Gasteiger partial charge in [-0.2, -0.15) is 0 Å².